The fourth-order valence-electron chi connectivity index (χ4n) is 2.53. The van der Waals surface area contributed by atoms with Crippen molar-refractivity contribution in [2.24, 2.45) is 0 Å². The van der Waals surface area contributed by atoms with Gasteiger partial charge in [0, 0.05) is 5.56 Å². The van der Waals surface area contributed by atoms with Crippen LogP contribution in [0.3, 0.4) is 0 Å². The normalized spacial score (nSPS) is 15.2. The number of hydrogen-bond acceptors (Lipinski definition) is 0. The summed E-state index contributed by atoms with van der Waals surface area (Å²) in [6, 6.07) is 11.9. The molecule has 0 radical (unpaired) electrons. The Kier molecular flexibility index (Phi) is 2.75. The summed E-state index contributed by atoms with van der Waals surface area (Å²) in [5, 5.41) is 0. The Balaban J connectivity index is 2.20. The molecule has 0 aromatic heterocycles. The quantitative estimate of drug-likeness (QED) is 0.638. The highest BCUT2D eigenvalue weighted by Gasteiger charge is 2.10. The van der Waals surface area contributed by atoms with Crippen molar-refractivity contribution in [2.45, 2.75) is 19.8 Å². The van der Waals surface area contributed by atoms with Gasteiger partial charge in [0.25, 0.3) is 0 Å². The first-order valence-corrected chi connectivity index (χ1v) is 6.29. The maximum atomic E-state index is 14.2. The summed E-state index contributed by atoms with van der Waals surface area (Å²) >= 11 is 0. The van der Waals surface area contributed by atoms with Crippen molar-refractivity contribution in [3.05, 3.63) is 70.0 Å². The second-order valence-corrected chi connectivity index (χ2v) is 4.79. The van der Waals surface area contributed by atoms with Crippen LogP contribution in [0.2, 0.25) is 0 Å². The van der Waals surface area contributed by atoms with E-state index in [9.17, 15) is 4.39 Å². The van der Waals surface area contributed by atoms with Crippen LogP contribution < -0.4 is 0 Å². The first kappa shape index (κ1) is 11.2. The Morgan fingerprint density at radius 1 is 0.833 bits per heavy atom. The van der Waals surface area contributed by atoms with Gasteiger partial charge >= 0.3 is 0 Å². The third-order valence-corrected chi connectivity index (χ3v) is 3.70. The van der Waals surface area contributed by atoms with Gasteiger partial charge in [0.1, 0.15) is 5.82 Å². The average Bonchev–Trinajstić information content (AvgIpc) is 2.38. The summed E-state index contributed by atoms with van der Waals surface area (Å²) in [5.41, 5.74) is 5.28. The highest BCUT2D eigenvalue weighted by Crippen LogP contribution is 2.23. The molecule has 0 N–H and O–H groups in total. The summed E-state index contributed by atoms with van der Waals surface area (Å²) in [7, 11) is 0. The van der Waals surface area contributed by atoms with Crippen LogP contribution in [0.1, 0.15) is 27.8 Å². The predicted molar refractivity (Wildman–Crippen MR) is 73.9 cm³/mol. The lowest BCUT2D eigenvalue weighted by Gasteiger charge is -2.12. The standard InChI is InChI=1S/C17H15F/c1-12-13-4-2-5-14(12)9-11-16-7-3-6-15(10-8-13)17(16)18/h2-8,10H,9,11H2,1H3/b10-8-. The van der Waals surface area contributed by atoms with Gasteiger partial charge in [0.05, 0.1) is 0 Å². The topological polar surface area (TPSA) is 0 Å². The van der Waals surface area contributed by atoms with E-state index in [2.05, 4.69) is 25.1 Å². The highest BCUT2D eigenvalue weighted by atomic mass is 19.1. The van der Waals surface area contributed by atoms with Gasteiger partial charge in [0.15, 0.2) is 0 Å². The molecule has 2 aromatic rings. The molecule has 0 aliphatic heterocycles. The van der Waals surface area contributed by atoms with E-state index in [-0.39, 0.29) is 5.82 Å². The van der Waals surface area contributed by atoms with E-state index in [4.69, 9.17) is 0 Å². The first-order chi connectivity index (χ1) is 8.75. The summed E-state index contributed by atoms with van der Waals surface area (Å²) in [6.07, 6.45) is 5.54. The van der Waals surface area contributed by atoms with Crippen molar-refractivity contribution in [3.63, 3.8) is 0 Å². The number of aryl methyl sites for hydroxylation is 2. The van der Waals surface area contributed by atoms with Gasteiger partial charge in [0.2, 0.25) is 0 Å². The molecular weight excluding hydrogens is 223 g/mol. The zero-order valence-electron chi connectivity index (χ0n) is 10.4. The third-order valence-electron chi connectivity index (χ3n) is 3.70. The smallest absolute Gasteiger partial charge is 0.133 e. The molecule has 90 valence electrons. The average molecular weight is 238 g/mol. The minimum Gasteiger partial charge on any atom is -0.206 e. The maximum absolute atomic E-state index is 14.2. The van der Waals surface area contributed by atoms with Crippen LogP contribution in [-0.2, 0) is 12.8 Å². The van der Waals surface area contributed by atoms with Crippen molar-refractivity contribution in [1.29, 1.82) is 0 Å². The summed E-state index contributed by atoms with van der Waals surface area (Å²) in [5.74, 6) is -0.0726. The molecule has 0 saturated carbocycles. The molecule has 1 aliphatic carbocycles. The van der Waals surface area contributed by atoms with Crippen molar-refractivity contribution in [3.8, 4) is 0 Å². The van der Waals surface area contributed by atoms with Crippen molar-refractivity contribution in [1.82, 2.24) is 0 Å². The minimum absolute atomic E-state index is 0.0726. The fraction of sp³-hybridized carbons (Fsp3) is 0.176. The second kappa shape index (κ2) is 4.41. The molecule has 0 spiro atoms. The maximum Gasteiger partial charge on any atom is 0.133 e. The minimum atomic E-state index is -0.0726. The van der Waals surface area contributed by atoms with E-state index in [0.717, 1.165) is 18.4 Å². The first-order valence-electron chi connectivity index (χ1n) is 6.29. The molecule has 3 rings (SSSR count). The van der Waals surface area contributed by atoms with Gasteiger partial charge in [-0.15, -0.1) is 0 Å². The zero-order chi connectivity index (χ0) is 12.5. The van der Waals surface area contributed by atoms with Gasteiger partial charge in [-0.05, 0) is 42.0 Å². The Bertz CT molecular complexity index is 568. The van der Waals surface area contributed by atoms with Crippen LogP contribution >= 0.6 is 0 Å². The van der Waals surface area contributed by atoms with Gasteiger partial charge in [-0.3, -0.25) is 0 Å². The molecule has 0 saturated heterocycles. The fourth-order valence-corrected chi connectivity index (χ4v) is 2.53. The number of fused-ring (bicyclic) bond motifs is 4. The van der Waals surface area contributed by atoms with Crippen molar-refractivity contribution < 1.29 is 4.39 Å². The van der Waals surface area contributed by atoms with Gasteiger partial charge < -0.3 is 0 Å². The summed E-state index contributed by atoms with van der Waals surface area (Å²) in [6.45, 7) is 2.14. The van der Waals surface area contributed by atoms with E-state index in [1.165, 1.54) is 16.7 Å². The van der Waals surface area contributed by atoms with E-state index in [0.29, 0.717) is 5.56 Å². The van der Waals surface area contributed by atoms with E-state index in [1.54, 1.807) is 0 Å². The van der Waals surface area contributed by atoms with Crippen LogP contribution in [0.25, 0.3) is 12.2 Å². The number of rotatable bonds is 0. The van der Waals surface area contributed by atoms with Crippen LogP contribution in [0.15, 0.2) is 36.4 Å². The van der Waals surface area contributed by atoms with Crippen LogP contribution in [0.4, 0.5) is 4.39 Å². The number of halogens is 1. The molecule has 0 nitrogen and oxygen atoms in total. The monoisotopic (exact) mass is 238 g/mol. The van der Waals surface area contributed by atoms with Crippen LogP contribution in [0, 0.1) is 12.7 Å². The Morgan fingerprint density at radius 2 is 1.44 bits per heavy atom. The number of hydrogen-bond donors (Lipinski definition) is 0. The lowest BCUT2D eigenvalue weighted by atomic mass is 9.94. The lowest BCUT2D eigenvalue weighted by Crippen LogP contribution is -2.00. The van der Waals surface area contributed by atoms with E-state index >= 15 is 0 Å². The van der Waals surface area contributed by atoms with Crippen molar-refractivity contribution >= 4 is 12.2 Å². The molecule has 1 heteroatoms. The van der Waals surface area contributed by atoms with Gasteiger partial charge in [-0.25, -0.2) is 4.39 Å². The molecule has 18 heavy (non-hydrogen) atoms. The van der Waals surface area contributed by atoms with Crippen LogP contribution in [0.5, 0.6) is 0 Å². The Labute approximate surface area is 107 Å². The number of benzene rings is 2. The zero-order valence-corrected chi connectivity index (χ0v) is 10.4. The molecule has 0 heterocycles. The van der Waals surface area contributed by atoms with E-state index in [1.807, 2.05) is 30.4 Å². The molecule has 4 bridgehead atoms. The van der Waals surface area contributed by atoms with Gasteiger partial charge in [-0.2, -0.15) is 0 Å². The second-order valence-electron chi connectivity index (χ2n) is 4.79. The summed E-state index contributed by atoms with van der Waals surface area (Å²) < 4.78 is 14.2. The molecule has 1 aliphatic rings. The summed E-state index contributed by atoms with van der Waals surface area (Å²) in [4.78, 5) is 0. The van der Waals surface area contributed by atoms with Crippen molar-refractivity contribution in [2.75, 3.05) is 0 Å². The largest absolute Gasteiger partial charge is 0.206 e. The van der Waals surface area contributed by atoms with Gasteiger partial charge in [-0.1, -0.05) is 48.6 Å². The lowest BCUT2D eigenvalue weighted by molar-refractivity contribution is 0.606. The Hall–Kier alpha value is -1.89. The SMILES string of the molecule is Cc1c2cccc1CCc1cccc(c1F)/C=C\2. The highest BCUT2D eigenvalue weighted by molar-refractivity contribution is 5.72. The van der Waals surface area contributed by atoms with E-state index < -0.39 is 0 Å². The molecule has 0 unspecified atom stereocenters. The molecule has 0 fully saturated rings. The predicted octanol–water partition coefficient (Wildman–Crippen LogP) is 4.40. The Morgan fingerprint density at radius 3 is 2.28 bits per heavy atom. The van der Waals surface area contributed by atoms with Crippen LogP contribution in [-0.4, -0.2) is 0 Å². The molecule has 0 amide bonds. The third kappa shape index (κ3) is 1.86. The molecule has 0 atom stereocenters. The molecule has 2 aromatic carbocycles. The molecular formula is C17H15F.